The average molecular weight is 436 g/mol. The van der Waals surface area contributed by atoms with Crippen molar-refractivity contribution >= 4 is 11.9 Å². The molecule has 1 atom stereocenters. The lowest BCUT2D eigenvalue weighted by Crippen LogP contribution is -2.41. The van der Waals surface area contributed by atoms with Crippen LogP contribution in [-0.4, -0.2) is 33.8 Å². The zero-order chi connectivity index (χ0) is 23.0. The molecule has 3 heterocycles. The Balaban J connectivity index is 2.03. The summed E-state index contributed by atoms with van der Waals surface area (Å²) in [6.45, 7) is -0.920. The van der Waals surface area contributed by atoms with Crippen LogP contribution in [-0.2, 0) is 17.0 Å². The zero-order valence-corrected chi connectivity index (χ0v) is 16.7. The van der Waals surface area contributed by atoms with Crippen LogP contribution in [0.15, 0.2) is 53.9 Å². The number of benzene rings is 1. The van der Waals surface area contributed by atoms with Gasteiger partial charge in [-0.05, 0) is 29.8 Å². The van der Waals surface area contributed by atoms with Gasteiger partial charge in [0.25, 0.3) is 5.91 Å². The third-order valence-electron chi connectivity index (χ3n) is 5.24. The molecule has 0 fully saturated rings. The lowest BCUT2D eigenvalue weighted by Gasteiger charge is -2.27. The smallest absolute Gasteiger partial charge is 0.266 e. The molecule has 0 aliphatic carbocycles. The number of pyridine rings is 2. The molecule has 0 radical (unpaired) electrons. The fourth-order valence-electron chi connectivity index (χ4n) is 3.63. The lowest BCUT2D eigenvalue weighted by molar-refractivity contribution is -0.129. The first-order valence-electron chi connectivity index (χ1n) is 9.31. The second kappa shape index (κ2) is 7.77. The zero-order valence-electron chi connectivity index (χ0n) is 16.7. The largest absolute Gasteiger partial charge is 0.369 e. The van der Waals surface area contributed by atoms with E-state index in [-0.39, 0.29) is 39.5 Å². The van der Waals surface area contributed by atoms with Crippen LogP contribution in [0.3, 0.4) is 0 Å². The fourth-order valence-corrected chi connectivity index (χ4v) is 3.63. The Hall–Kier alpha value is -4.26. The number of carbonyl (C=O) groups excluding carboxylic acids is 1. The molecule has 7 nitrogen and oxygen atoms in total. The fraction of sp³-hybridized carbons (Fsp3) is 0.136. The van der Waals surface area contributed by atoms with Crippen LogP contribution >= 0.6 is 0 Å². The number of halogens is 3. The Morgan fingerprint density at radius 1 is 1.19 bits per heavy atom. The number of likely N-dealkylation sites (N-methyl/N-ethyl adjacent to an activating group) is 1. The molecule has 0 saturated carbocycles. The van der Waals surface area contributed by atoms with Crippen molar-refractivity contribution in [3.63, 3.8) is 0 Å². The second-order valence-corrected chi connectivity index (χ2v) is 7.10. The summed E-state index contributed by atoms with van der Waals surface area (Å²) in [5.41, 5.74) is 3.98. The van der Waals surface area contributed by atoms with Crippen LogP contribution in [0.4, 0.5) is 13.2 Å². The number of nitrogens with two attached hydrogens (primary N) is 1. The van der Waals surface area contributed by atoms with Gasteiger partial charge < -0.3 is 5.73 Å². The lowest BCUT2D eigenvalue weighted by atomic mass is 9.81. The van der Waals surface area contributed by atoms with E-state index in [0.29, 0.717) is 6.07 Å². The molecule has 1 amide bonds. The van der Waals surface area contributed by atoms with E-state index in [4.69, 9.17) is 11.0 Å². The van der Waals surface area contributed by atoms with Crippen LogP contribution in [0, 0.1) is 23.0 Å². The summed E-state index contributed by atoms with van der Waals surface area (Å²) >= 11 is 0. The number of rotatable bonds is 4. The molecular weight excluding hydrogens is 421 g/mol. The SMILES string of the molecule is CN1C(=O)C(c2ccnc(CF)c2)(c2cc(-c3cncc(C#N)c3)c(F)cc2F)N=C1N. The Bertz CT molecular complexity index is 1320. The summed E-state index contributed by atoms with van der Waals surface area (Å²) in [6.07, 6.45) is 3.87. The number of nitriles is 1. The quantitative estimate of drug-likeness (QED) is 0.677. The van der Waals surface area contributed by atoms with Crippen molar-refractivity contribution in [1.29, 1.82) is 5.26 Å². The van der Waals surface area contributed by atoms with E-state index in [1.54, 1.807) is 0 Å². The molecular formula is C22H15F3N6O. The molecule has 1 aromatic carbocycles. The number of hydrogen-bond donors (Lipinski definition) is 1. The topological polar surface area (TPSA) is 108 Å². The minimum absolute atomic E-state index is 0.00617. The minimum atomic E-state index is -2.02. The Morgan fingerprint density at radius 3 is 2.62 bits per heavy atom. The molecule has 1 aliphatic rings. The summed E-state index contributed by atoms with van der Waals surface area (Å²) < 4.78 is 43.3. The van der Waals surface area contributed by atoms with E-state index in [9.17, 15) is 13.6 Å². The molecule has 0 saturated heterocycles. The van der Waals surface area contributed by atoms with Gasteiger partial charge in [0.05, 0.1) is 11.3 Å². The van der Waals surface area contributed by atoms with Gasteiger partial charge in [-0.2, -0.15) is 5.26 Å². The van der Waals surface area contributed by atoms with Gasteiger partial charge in [0.1, 0.15) is 24.4 Å². The number of nitrogens with zero attached hydrogens (tertiary/aromatic N) is 5. The van der Waals surface area contributed by atoms with Crippen LogP contribution in [0.25, 0.3) is 11.1 Å². The standard InChI is InChI=1S/C22H15F3N6O/c1-31-20(32)22(30-21(31)27,14-2-3-29-15(5-14)8-23)17-6-16(18(24)7-19(17)25)13-4-12(9-26)10-28-11-13/h2-7,10-11H,8H2,1H3,(H2,27,30). The Kier molecular flexibility index (Phi) is 5.10. The van der Waals surface area contributed by atoms with Gasteiger partial charge in [0, 0.05) is 48.4 Å². The van der Waals surface area contributed by atoms with Crippen molar-refractivity contribution in [1.82, 2.24) is 14.9 Å². The number of carbonyl (C=O) groups is 1. The number of amides is 1. The highest BCUT2D eigenvalue weighted by atomic mass is 19.1. The summed E-state index contributed by atoms with van der Waals surface area (Å²) in [7, 11) is 1.36. The van der Waals surface area contributed by atoms with Crippen LogP contribution in [0.1, 0.15) is 22.4 Å². The van der Waals surface area contributed by atoms with E-state index in [1.165, 1.54) is 43.8 Å². The molecule has 160 valence electrons. The van der Waals surface area contributed by atoms with Crippen LogP contribution in [0.5, 0.6) is 0 Å². The van der Waals surface area contributed by atoms with Gasteiger partial charge in [-0.3, -0.25) is 19.7 Å². The predicted molar refractivity (Wildman–Crippen MR) is 109 cm³/mol. The number of guanidine groups is 1. The molecule has 32 heavy (non-hydrogen) atoms. The normalized spacial score (nSPS) is 17.9. The summed E-state index contributed by atoms with van der Waals surface area (Å²) in [5, 5.41) is 9.12. The Morgan fingerprint density at radius 2 is 1.97 bits per heavy atom. The van der Waals surface area contributed by atoms with Gasteiger partial charge in [0.15, 0.2) is 11.5 Å². The second-order valence-electron chi connectivity index (χ2n) is 7.10. The van der Waals surface area contributed by atoms with Crippen molar-refractivity contribution in [2.75, 3.05) is 7.05 Å². The average Bonchev–Trinajstić information content (AvgIpc) is 3.04. The van der Waals surface area contributed by atoms with Crippen molar-refractivity contribution < 1.29 is 18.0 Å². The molecule has 1 aliphatic heterocycles. The first-order valence-corrected chi connectivity index (χ1v) is 9.31. The third-order valence-corrected chi connectivity index (χ3v) is 5.24. The maximum absolute atomic E-state index is 15.2. The number of aromatic nitrogens is 2. The molecule has 0 bridgehead atoms. The molecule has 2 N–H and O–H groups in total. The predicted octanol–water partition coefficient (Wildman–Crippen LogP) is 2.79. The third kappa shape index (κ3) is 3.15. The summed E-state index contributed by atoms with van der Waals surface area (Å²) in [4.78, 5) is 26.4. The van der Waals surface area contributed by atoms with Crippen LogP contribution < -0.4 is 5.73 Å². The monoisotopic (exact) mass is 436 g/mol. The number of alkyl halides is 1. The van der Waals surface area contributed by atoms with E-state index in [0.717, 1.165) is 11.0 Å². The molecule has 2 aromatic heterocycles. The maximum atomic E-state index is 15.2. The summed E-state index contributed by atoms with van der Waals surface area (Å²) in [5.74, 6) is -2.86. The first-order chi connectivity index (χ1) is 15.3. The Labute approximate surface area is 180 Å². The highest BCUT2D eigenvalue weighted by Crippen LogP contribution is 2.42. The molecule has 3 aromatic rings. The van der Waals surface area contributed by atoms with Gasteiger partial charge >= 0.3 is 0 Å². The van der Waals surface area contributed by atoms with Gasteiger partial charge in [-0.15, -0.1) is 0 Å². The first kappa shape index (κ1) is 21.0. The highest BCUT2D eigenvalue weighted by Gasteiger charge is 2.51. The molecule has 0 spiro atoms. The van der Waals surface area contributed by atoms with Gasteiger partial charge in [-0.25, -0.2) is 18.2 Å². The molecule has 1 unspecified atom stereocenters. The number of hydrogen-bond acceptors (Lipinski definition) is 6. The molecule has 4 rings (SSSR count). The van der Waals surface area contributed by atoms with Crippen molar-refractivity contribution in [3.05, 3.63) is 82.9 Å². The highest BCUT2D eigenvalue weighted by molar-refractivity contribution is 6.09. The van der Waals surface area contributed by atoms with Crippen molar-refractivity contribution in [3.8, 4) is 17.2 Å². The minimum Gasteiger partial charge on any atom is -0.369 e. The van der Waals surface area contributed by atoms with E-state index in [1.807, 2.05) is 6.07 Å². The summed E-state index contributed by atoms with van der Waals surface area (Å²) in [6, 6.07) is 7.72. The maximum Gasteiger partial charge on any atom is 0.266 e. The molecule has 10 heteroatoms. The number of aliphatic imine (C=N–C) groups is 1. The van der Waals surface area contributed by atoms with Gasteiger partial charge in [0.2, 0.25) is 0 Å². The van der Waals surface area contributed by atoms with E-state index in [2.05, 4.69) is 15.0 Å². The van der Waals surface area contributed by atoms with Crippen molar-refractivity contribution in [2.24, 2.45) is 10.7 Å². The van der Waals surface area contributed by atoms with E-state index < -0.39 is 29.8 Å². The van der Waals surface area contributed by atoms with Crippen molar-refractivity contribution in [2.45, 2.75) is 12.2 Å². The van der Waals surface area contributed by atoms with E-state index >= 15 is 4.39 Å². The van der Waals surface area contributed by atoms with Crippen LogP contribution in [0.2, 0.25) is 0 Å². The van der Waals surface area contributed by atoms with Gasteiger partial charge in [-0.1, -0.05) is 0 Å².